The van der Waals surface area contributed by atoms with Crippen LogP contribution in [0.1, 0.15) is 5.56 Å². The van der Waals surface area contributed by atoms with Gasteiger partial charge in [-0.2, -0.15) is 5.10 Å². The predicted molar refractivity (Wildman–Crippen MR) is 93.6 cm³/mol. The normalized spacial score (nSPS) is 11.5. The first kappa shape index (κ1) is 16.7. The maximum Gasteiger partial charge on any atom is 0.191 e. The summed E-state index contributed by atoms with van der Waals surface area (Å²) in [6.07, 6.45) is 3.83. The van der Waals surface area contributed by atoms with E-state index in [0.29, 0.717) is 6.54 Å². The van der Waals surface area contributed by atoms with Crippen molar-refractivity contribution in [1.82, 2.24) is 20.4 Å². The zero-order valence-electron chi connectivity index (χ0n) is 12.7. The molecule has 1 heterocycles. The maximum atomic E-state index is 5.87. The summed E-state index contributed by atoms with van der Waals surface area (Å²) in [5, 5.41) is 11.5. The van der Waals surface area contributed by atoms with Crippen LogP contribution in [-0.4, -0.2) is 35.1 Å². The topological polar surface area (TPSA) is 54.2 Å². The molecule has 0 aliphatic heterocycles. The quantitative estimate of drug-likeness (QED) is 0.368. The van der Waals surface area contributed by atoms with Gasteiger partial charge >= 0.3 is 0 Å². The number of thioether (sulfide) groups is 1. The van der Waals surface area contributed by atoms with E-state index < -0.39 is 0 Å². The average molecular weight is 338 g/mol. The SMILES string of the molecule is CN=C(NCCSc1ccc(Cl)cc1)NCc1cnn(C)c1. The molecule has 118 valence electrons. The lowest BCUT2D eigenvalue weighted by Crippen LogP contribution is -2.37. The molecule has 0 radical (unpaired) electrons. The van der Waals surface area contributed by atoms with Gasteiger partial charge in [0.25, 0.3) is 0 Å². The van der Waals surface area contributed by atoms with Gasteiger partial charge in [-0.25, -0.2) is 0 Å². The summed E-state index contributed by atoms with van der Waals surface area (Å²) in [5.74, 6) is 1.75. The monoisotopic (exact) mass is 337 g/mol. The third kappa shape index (κ3) is 5.61. The van der Waals surface area contributed by atoms with Gasteiger partial charge in [0.1, 0.15) is 0 Å². The van der Waals surface area contributed by atoms with Crippen LogP contribution in [-0.2, 0) is 13.6 Å². The van der Waals surface area contributed by atoms with Crippen molar-refractivity contribution in [1.29, 1.82) is 0 Å². The fraction of sp³-hybridized carbons (Fsp3) is 0.333. The van der Waals surface area contributed by atoms with Crippen molar-refractivity contribution in [2.24, 2.45) is 12.0 Å². The van der Waals surface area contributed by atoms with Crippen molar-refractivity contribution in [2.75, 3.05) is 19.3 Å². The summed E-state index contributed by atoms with van der Waals surface area (Å²) >= 11 is 7.65. The number of aryl methyl sites for hydroxylation is 1. The number of nitrogens with zero attached hydrogens (tertiary/aromatic N) is 3. The second-order valence-electron chi connectivity index (χ2n) is 4.68. The number of halogens is 1. The third-order valence-corrected chi connectivity index (χ3v) is 4.18. The first-order valence-electron chi connectivity index (χ1n) is 6.98. The predicted octanol–water partition coefficient (Wildman–Crippen LogP) is 2.53. The number of hydrogen-bond acceptors (Lipinski definition) is 3. The number of aliphatic imine (C=N–C) groups is 1. The van der Waals surface area contributed by atoms with Gasteiger partial charge in [0.05, 0.1) is 6.20 Å². The Morgan fingerprint density at radius 2 is 2.09 bits per heavy atom. The molecule has 5 nitrogen and oxygen atoms in total. The molecule has 1 aromatic carbocycles. The molecule has 2 N–H and O–H groups in total. The summed E-state index contributed by atoms with van der Waals surface area (Å²) in [7, 11) is 3.68. The van der Waals surface area contributed by atoms with Gasteiger partial charge in [0.2, 0.25) is 0 Å². The summed E-state index contributed by atoms with van der Waals surface area (Å²) in [6, 6.07) is 7.88. The van der Waals surface area contributed by atoms with Crippen molar-refractivity contribution in [3.8, 4) is 0 Å². The van der Waals surface area contributed by atoms with Gasteiger partial charge in [-0.3, -0.25) is 9.67 Å². The molecule has 7 heteroatoms. The van der Waals surface area contributed by atoms with E-state index in [0.717, 1.165) is 28.8 Å². The largest absolute Gasteiger partial charge is 0.356 e. The average Bonchev–Trinajstić information content (AvgIpc) is 2.94. The molecule has 0 atom stereocenters. The number of nitrogens with one attached hydrogen (secondary N) is 2. The first-order valence-corrected chi connectivity index (χ1v) is 8.34. The number of rotatable bonds is 6. The van der Waals surface area contributed by atoms with E-state index in [4.69, 9.17) is 11.6 Å². The zero-order valence-corrected chi connectivity index (χ0v) is 14.3. The molecule has 0 saturated carbocycles. The molecule has 0 aliphatic carbocycles. The number of hydrogen-bond donors (Lipinski definition) is 2. The van der Waals surface area contributed by atoms with Crippen molar-refractivity contribution in [2.45, 2.75) is 11.4 Å². The molecule has 0 aliphatic rings. The van der Waals surface area contributed by atoms with Gasteiger partial charge < -0.3 is 10.6 Å². The molecule has 22 heavy (non-hydrogen) atoms. The lowest BCUT2D eigenvalue weighted by molar-refractivity contribution is 0.765. The molecule has 0 amide bonds. The molecule has 0 bridgehead atoms. The minimum atomic E-state index is 0.706. The van der Waals surface area contributed by atoms with Gasteiger partial charge in [0, 0.05) is 54.6 Å². The van der Waals surface area contributed by atoms with Gasteiger partial charge in [-0.15, -0.1) is 11.8 Å². The Labute approximate surface area is 140 Å². The molecular formula is C15H20ClN5S. The maximum absolute atomic E-state index is 5.87. The Morgan fingerprint density at radius 3 is 2.73 bits per heavy atom. The van der Waals surface area contributed by atoms with Crippen LogP contribution < -0.4 is 10.6 Å². The first-order chi connectivity index (χ1) is 10.7. The summed E-state index contributed by atoms with van der Waals surface area (Å²) in [6.45, 7) is 1.54. The fourth-order valence-corrected chi connectivity index (χ4v) is 2.73. The molecular weight excluding hydrogens is 318 g/mol. The lowest BCUT2D eigenvalue weighted by Gasteiger charge is -2.11. The van der Waals surface area contributed by atoms with Crippen LogP contribution >= 0.6 is 23.4 Å². The molecule has 1 aromatic heterocycles. The van der Waals surface area contributed by atoms with Gasteiger partial charge in [-0.05, 0) is 24.3 Å². The second kappa shape index (κ2) is 8.70. The fourth-order valence-electron chi connectivity index (χ4n) is 1.84. The van der Waals surface area contributed by atoms with E-state index in [2.05, 4.69) is 20.7 Å². The van der Waals surface area contributed by atoms with Crippen molar-refractivity contribution in [3.63, 3.8) is 0 Å². The van der Waals surface area contributed by atoms with E-state index in [1.165, 1.54) is 4.90 Å². The zero-order chi connectivity index (χ0) is 15.8. The highest BCUT2D eigenvalue weighted by Crippen LogP contribution is 2.19. The Morgan fingerprint density at radius 1 is 1.32 bits per heavy atom. The van der Waals surface area contributed by atoms with Crippen LogP contribution in [0.25, 0.3) is 0 Å². The highest BCUT2D eigenvalue weighted by atomic mass is 35.5. The summed E-state index contributed by atoms with van der Waals surface area (Å²) < 4.78 is 1.79. The number of benzene rings is 1. The van der Waals surface area contributed by atoms with E-state index in [1.54, 1.807) is 23.5 Å². The molecule has 0 unspecified atom stereocenters. The van der Waals surface area contributed by atoms with Crippen LogP contribution in [0.2, 0.25) is 5.02 Å². The smallest absolute Gasteiger partial charge is 0.191 e. The Hall–Kier alpha value is -1.66. The molecule has 0 fully saturated rings. The Kier molecular flexibility index (Phi) is 6.61. The van der Waals surface area contributed by atoms with Gasteiger partial charge in [0.15, 0.2) is 5.96 Å². The highest BCUT2D eigenvalue weighted by molar-refractivity contribution is 7.99. The third-order valence-electron chi connectivity index (χ3n) is 2.92. The lowest BCUT2D eigenvalue weighted by atomic mass is 10.4. The highest BCUT2D eigenvalue weighted by Gasteiger charge is 2.00. The van der Waals surface area contributed by atoms with Crippen molar-refractivity contribution < 1.29 is 0 Å². The minimum absolute atomic E-state index is 0.706. The van der Waals surface area contributed by atoms with Crippen molar-refractivity contribution in [3.05, 3.63) is 47.2 Å². The molecule has 0 spiro atoms. The summed E-state index contributed by atoms with van der Waals surface area (Å²) in [4.78, 5) is 5.42. The number of guanidine groups is 1. The standard InChI is InChI=1S/C15H20ClN5S/c1-17-15(19-9-12-10-20-21(2)11-12)18-7-8-22-14-5-3-13(16)4-6-14/h3-6,10-11H,7-9H2,1-2H3,(H2,17,18,19). The van der Waals surface area contributed by atoms with Crippen LogP contribution in [0, 0.1) is 0 Å². The van der Waals surface area contributed by atoms with Gasteiger partial charge in [-0.1, -0.05) is 11.6 Å². The van der Waals surface area contributed by atoms with E-state index in [9.17, 15) is 0 Å². The van der Waals surface area contributed by atoms with Crippen molar-refractivity contribution >= 4 is 29.3 Å². The number of aromatic nitrogens is 2. The summed E-state index contributed by atoms with van der Waals surface area (Å²) in [5.41, 5.74) is 1.13. The van der Waals surface area contributed by atoms with E-state index in [1.807, 2.05) is 43.7 Å². The van der Waals surface area contributed by atoms with E-state index >= 15 is 0 Å². The Bertz CT molecular complexity index is 609. The van der Waals surface area contributed by atoms with Crippen LogP contribution in [0.15, 0.2) is 46.5 Å². The molecule has 2 aromatic rings. The second-order valence-corrected chi connectivity index (χ2v) is 6.28. The molecule has 0 saturated heterocycles. The molecule has 2 rings (SSSR count). The van der Waals surface area contributed by atoms with Crippen LogP contribution in [0.5, 0.6) is 0 Å². The Balaban J connectivity index is 1.67. The van der Waals surface area contributed by atoms with Crippen LogP contribution in [0.4, 0.5) is 0 Å². The van der Waals surface area contributed by atoms with Crippen LogP contribution in [0.3, 0.4) is 0 Å². The minimum Gasteiger partial charge on any atom is -0.356 e. The van der Waals surface area contributed by atoms with E-state index in [-0.39, 0.29) is 0 Å².